The molecule has 21 heavy (non-hydrogen) atoms. The molecule has 118 valence electrons. The molecular formula is C15H23BrN2O3. The lowest BCUT2D eigenvalue weighted by molar-refractivity contribution is -0.123. The van der Waals surface area contributed by atoms with Crippen LogP contribution in [0.3, 0.4) is 0 Å². The number of amides is 1. The van der Waals surface area contributed by atoms with Crippen LogP contribution in [0, 0.1) is 0 Å². The van der Waals surface area contributed by atoms with Crippen LogP contribution in [0.2, 0.25) is 0 Å². The van der Waals surface area contributed by atoms with E-state index in [9.17, 15) is 4.79 Å². The van der Waals surface area contributed by atoms with Crippen molar-refractivity contribution in [3.8, 4) is 5.75 Å². The lowest BCUT2D eigenvalue weighted by atomic mass is 10.2. The molecule has 1 amide bonds. The summed E-state index contributed by atoms with van der Waals surface area (Å²) in [6.45, 7) is 5.06. The first kappa shape index (κ1) is 17.9. The van der Waals surface area contributed by atoms with E-state index in [0.717, 1.165) is 24.0 Å². The third-order valence-corrected chi connectivity index (χ3v) is 3.40. The van der Waals surface area contributed by atoms with Crippen LogP contribution in [0.1, 0.15) is 18.9 Å². The van der Waals surface area contributed by atoms with Gasteiger partial charge in [0.05, 0.1) is 4.47 Å². The number of carbonyl (C=O) groups is 1. The maximum absolute atomic E-state index is 11.6. The van der Waals surface area contributed by atoms with Crippen LogP contribution in [0.5, 0.6) is 5.75 Å². The number of benzene rings is 1. The van der Waals surface area contributed by atoms with E-state index in [4.69, 9.17) is 9.47 Å². The molecule has 0 fully saturated rings. The number of hydrogen-bond acceptors (Lipinski definition) is 4. The molecule has 1 aromatic rings. The second-order valence-corrected chi connectivity index (χ2v) is 5.38. The lowest BCUT2D eigenvalue weighted by Gasteiger charge is -2.10. The Morgan fingerprint density at radius 1 is 1.38 bits per heavy atom. The van der Waals surface area contributed by atoms with Gasteiger partial charge in [-0.2, -0.15) is 0 Å². The predicted molar refractivity (Wildman–Crippen MR) is 86.5 cm³/mol. The topological polar surface area (TPSA) is 59.6 Å². The normalized spacial score (nSPS) is 10.4. The summed E-state index contributed by atoms with van der Waals surface area (Å²) in [5.41, 5.74) is 1.17. The van der Waals surface area contributed by atoms with Crippen molar-refractivity contribution in [3.63, 3.8) is 0 Å². The van der Waals surface area contributed by atoms with Gasteiger partial charge in [-0.25, -0.2) is 0 Å². The number of hydrogen-bond donors (Lipinski definition) is 2. The fourth-order valence-electron chi connectivity index (χ4n) is 1.68. The van der Waals surface area contributed by atoms with E-state index in [2.05, 4.69) is 33.5 Å². The van der Waals surface area contributed by atoms with Crippen LogP contribution >= 0.6 is 15.9 Å². The molecule has 1 rings (SSSR count). The Labute approximate surface area is 134 Å². The highest BCUT2D eigenvalue weighted by Crippen LogP contribution is 2.25. The Morgan fingerprint density at radius 2 is 2.19 bits per heavy atom. The maximum Gasteiger partial charge on any atom is 0.257 e. The smallest absolute Gasteiger partial charge is 0.257 e. The summed E-state index contributed by atoms with van der Waals surface area (Å²) in [6.07, 6.45) is 0.797. The minimum absolute atomic E-state index is 0.0120. The number of rotatable bonds is 10. The molecule has 0 atom stereocenters. The van der Waals surface area contributed by atoms with E-state index in [1.165, 1.54) is 5.56 Å². The van der Waals surface area contributed by atoms with Gasteiger partial charge in [0.2, 0.25) is 0 Å². The molecule has 0 radical (unpaired) electrons. The standard InChI is InChI=1S/C15H23BrN2O3/c1-3-17-10-12-5-6-14(13(16)9-12)21-11-15(19)18-7-4-8-20-2/h5-6,9,17H,3-4,7-8,10-11H2,1-2H3,(H,18,19). The van der Waals surface area contributed by atoms with Crippen molar-refractivity contribution in [1.82, 2.24) is 10.6 Å². The molecule has 0 unspecified atom stereocenters. The lowest BCUT2D eigenvalue weighted by Crippen LogP contribution is -2.30. The van der Waals surface area contributed by atoms with Crippen LogP contribution in [0.25, 0.3) is 0 Å². The van der Waals surface area contributed by atoms with Gasteiger partial charge in [-0.15, -0.1) is 0 Å². The van der Waals surface area contributed by atoms with Crippen molar-refractivity contribution < 1.29 is 14.3 Å². The van der Waals surface area contributed by atoms with Gasteiger partial charge in [0, 0.05) is 26.8 Å². The molecule has 0 aliphatic carbocycles. The summed E-state index contributed by atoms with van der Waals surface area (Å²) < 4.78 is 11.3. The van der Waals surface area contributed by atoms with Crippen molar-refractivity contribution in [2.24, 2.45) is 0 Å². The molecule has 5 nitrogen and oxygen atoms in total. The van der Waals surface area contributed by atoms with Crippen molar-refractivity contribution in [2.75, 3.05) is 33.4 Å². The highest BCUT2D eigenvalue weighted by molar-refractivity contribution is 9.10. The van der Waals surface area contributed by atoms with E-state index in [1.54, 1.807) is 7.11 Å². The second kappa shape index (κ2) is 10.6. The van der Waals surface area contributed by atoms with Gasteiger partial charge in [0.1, 0.15) is 5.75 Å². The quantitative estimate of drug-likeness (QED) is 0.628. The summed E-state index contributed by atoms with van der Waals surface area (Å²) in [7, 11) is 1.64. The van der Waals surface area contributed by atoms with E-state index >= 15 is 0 Å². The van der Waals surface area contributed by atoms with Gasteiger partial charge >= 0.3 is 0 Å². The van der Waals surface area contributed by atoms with Gasteiger partial charge in [0.15, 0.2) is 6.61 Å². The van der Waals surface area contributed by atoms with E-state index in [0.29, 0.717) is 18.9 Å². The minimum Gasteiger partial charge on any atom is -0.483 e. The van der Waals surface area contributed by atoms with Crippen molar-refractivity contribution in [3.05, 3.63) is 28.2 Å². The Balaban J connectivity index is 2.35. The first-order chi connectivity index (χ1) is 10.2. The van der Waals surface area contributed by atoms with E-state index in [-0.39, 0.29) is 12.5 Å². The van der Waals surface area contributed by atoms with Gasteiger partial charge < -0.3 is 20.1 Å². The molecule has 0 saturated carbocycles. The molecule has 0 aromatic heterocycles. The largest absolute Gasteiger partial charge is 0.483 e. The first-order valence-corrected chi connectivity index (χ1v) is 7.84. The molecule has 0 aliphatic rings. The van der Waals surface area contributed by atoms with E-state index in [1.807, 2.05) is 18.2 Å². The summed E-state index contributed by atoms with van der Waals surface area (Å²) in [6, 6.07) is 5.85. The molecule has 6 heteroatoms. The monoisotopic (exact) mass is 358 g/mol. The molecule has 1 aromatic carbocycles. The van der Waals surface area contributed by atoms with Crippen molar-refractivity contribution in [2.45, 2.75) is 19.9 Å². The fourth-order valence-corrected chi connectivity index (χ4v) is 2.22. The Hall–Kier alpha value is -1.11. The molecule has 0 spiro atoms. The third-order valence-electron chi connectivity index (χ3n) is 2.78. The molecule has 2 N–H and O–H groups in total. The molecular weight excluding hydrogens is 336 g/mol. The molecule has 0 saturated heterocycles. The Morgan fingerprint density at radius 3 is 2.86 bits per heavy atom. The van der Waals surface area contributed by atoms with Crippen molar-refractivity contribution >= 4 is 21.8 Å². The third kappa shape index (κ3) is 7.45. The van der Waals surface area contributed by atoms with Crippen LogP contribution in [0.4, 0.5) is 0 Å². The second-order valence-electron chi connectivity index (χ2n) is 4.53. The van der Waals surface area contributed by atoms with Crippen LogP contribution in [0.15, 0.2) is 22.7 Å². The minimum atomic E-state index is -0.130. The number of halogens is 1. The number of nitrogens with one attached hydrogen (secondary N) is 2. The zero-order valence-electron chi connectivity index (χ0n) is 12.6. The van der Waals surface area contributed by atoms with Crippen molar-refractivity contribution in [1.29, 1.82) is 0 Å². The molecule has 0 aliphatic heterocycles. The predicted octanol–water partition coefficient (Wildman–Crippen LogP) is 2.09. The summed E-state index contributed by atoms with van der Waals surface area (Å²) in [5.74, 6) is 0.539. The zero-order valence-corrected chi connectivity index (χ0v) is 14.2. The van der Waals surface area contributed by atoms with Gasteiger partial charge in [-0.05, 0) is 46.6 Å². The maximum atomic E-state index is 11.6. The number of methoxy groups -OCH3 is 1. The van der Waals surface area contributed by atoms with E-state index < -0.39 is 0 Å². The summed E-state index contributed by atoms with van der Waals surface area (Å²) in [4.78, 5) is 11.6. The number of carbonyl (C=O) groups excluding carboxylic acids is 1. The zero-order chi connectivity index (χ0) is 15.5. The number of ether oxygens (including phenoxy) is 2. The average Bonchev–Trinajstić information content (AvgIpc) is 2.48. The Kier molecular flexibility index (Phi) is 9.05. The fraction of sp³-hybridized carbons (Fsp3) is 0.533. The van der Waals surface area contributed by atoms with Crippen LogP contribution < -0.4 is 15.4 Å². The molecule has 0 heterocycles. The van der Waals surface area contributed by atoms with Gasteiger partial charge in [0.25, 0.3) is 5.91 Å². The molecule has 0 bridgehead atoms. The average molecular weight is 359 g/mol. The summed E-state index contributed by atoms with van der Waals surface area (Å²) in [5, 5.41) is 6.04. The highest BCUT2D eigenvalue weighted by atomic mass is 79.9. The summed E-state index contributed by atoms with van der Waals surface area (Å²) >= 11 is 3.46. The SMILES string of the molecule is CCNCc1ccc(OCC(=O)NCCCOC)c(Br)c1. The highest BCUT2D eigenvalue weighted by Gasteiger charge is 2.06. The first-order valence-electron chi connectivity index (χ1n) is 7.05. The van der Waals surface area contributed by atoms with Gasteiger partial charge in [-0.3, -0.25) is 4.79 Å². The van der Waals surface area contributed by atoms with Gasteiger partial charge in [-0.1, -0.05) is 13.0 Å². The van der Waals surface area contributed by atoms with Crippen LogP contribution in [-0.2, 0) is 16.1 Å². The van der Waals surface area contributed by atoms with Crippen LogP contribution in [-0.4, -0.2) is 39.3 Å². The Bertz CT molecular complexity index is 441.